The molecule has 2 N–H and O–H groups in total. The Hall–Kier alpha value is -2.80. The minimum absolute atomic E-state index is 0.0166. The number of carbonyl (C=O) groups excluding carboxylic acids is 2. The third kappa shape index (κ3) is 5.65. The molecule has 5 nitrogen and oxygen atoms in total. The summed E-state index contributed by atoms with van der Waals surface area (Å²) in [7, 11) is 1.43. The van der Waals surface area contributed by atoms with Crippen molar-refractivity contribution in [2.24, 2.45) is 0 Å². The average molecular weight is 348 g/mol. The lowest BCUT2D eigenvalue weighted by Gasteiger charge is -2.16. The molecule has 0 aliphatic carbocycles. The Morgan fingerprint density at radius 2 is 1.68 bits per heavy atom. The molecule has 0 heterocycles. The summed E-state index contributed by atoms with van der Waals surface area (Å²) in [5, 5.41) is 4.87. The summed E-state index contributed by atoms with van der Waals surface area (Å²) in [6.07, 6.45) is -0.579. The van der Waals surface area contributed by atoms with E-state index < -0.39 is 23.7 Å². The number of ether oxygens (including phenoxy) is 1. The van der Waals surface area contributed by atoms with Crippen LogP contribution in [0.2, 0.25) is 0 Å². The van der Waals surface area contributed by atoms with Crippen LogP contribution < -0.4 is 10.6 Å². The fourth-order valence-electron chi connectivity index (χ4n) is 2.17. The first-order valence-corrected chi connectivity index (χ1v) is 7.58. The Morgan fingerprint density at radius 3 is 2.32 bits per heavy atom. The summed E-state index contributed by atoms with van der Waals surface area (Å²) in [6.45, 7) is 0.118. The maximum atomic E-state index is 13.2. The van der Waals surface area contributed by atoms with Crippen LogP contribution in [0.4, 0.5) is 8.78 Å². The molecule has 0 bridgehead atoms. The van der Waals surface area contributed by atoms with Crippen LogP contribution in [0.3, 0.4) is 0 Å². The van der Waals surface area contributed by atoms with Crippen LogP contribution in [0.1, 0.15) is 17.2 Å². The van der Waals surface area contributed by atoms with E-state index in [0.29, 0.717) is 11.1 Å². The zero-order valence-electron chi connectivity index (χ0n) is 13.6. The van der Waals surface area contributed by atoms with Gasteiger partial charge in [0.2, 0.25) is 0 Å². The molecule has 2 aromatic carbocycles. The third-order valence-corrected chi connectivity index (χ3v) is 3.53. The van der Waals surface area contributed by atoms with Gasteiger partial charge in [-0.3, -0.25) is 9.59 Å². The van der Waals surface area contributed by atoms with Crippen LogP contribution in [0.25, 0.3) is 0 Å². The monoisotopic (exact) mass is 348 g/mol. The number of halogens is 2. The van der Waals surface area contributed by atoms with Gasteiger partial charge in [-0.15, -0.1) is 0 Å². The molecule has 0 aromatic heterocycles. The Labute approximate surface area is 144 Å². The van der Waals surface area contributed by atoms with Gasteiger partial charge in [-0.1, -0.05) is 24.3 Å². The number of nitrogens with one attached hydrogen (secondary N) is 2. The number of amides is 2. The van der Waals surface area contributed by atoms with E-state index in [1.807, 2.05) is 0 Å². The van der Waals surface area contributed by atoms with Crippen LogP contribution in [-0.2, 0) is 20.9 Å². The molecule has 2 aromatic rings. The second-order valence-corrected chi connectivity index (χ2v) is 5.30. The van der Waals surface area contributed by atoms with Crippen LogP contribution in [0, 0.1) is 11.6 Å². The Morgan fingerprint density at radius 1 is 1.00 bits per heavy atom. The molecule has 0 fully saturated rings. The normalized spacial score (nSPS) is 11.6. The molecule has 0 saturated carbocycles. The number of hydrogen-bond donors (Lipinski definition) is 2. The molecule has 132 valence electrons. The molecule has 2 rings (SSSR count). The molecular weight excluding hydrogens is 330 g/mol. The van der Waals surface area contributed by atoms with E-state index in [9.17, 15) is 18.4 Å². The van der Waals surface area contributed by atoms with Crippen molar-refractivity contribution < 1.29 is 23.1 Å². The third-order valence-electron chi connectivity index (χ3n) is 3.53. The first kappa shape index (κ1) is 18.5. The zero-order chi connectivity index (χ0) is 18.2. The molecular formula is C18H18F2N2O3. The zero-order valence-corrected chi connectivity index (χ0v) is 13.6. The van der Waals surface area contributed by atoms with Crippen LogP contribution in [0.15, 0.2) is 48.5 Å². The Kier molecular flexibility index (Phi) is 6.59. The predicted octanol–water partition coefficient (Wildman–Crippen LogP) is 2.08. The minimum atomic E-state index is -0.833. The van der Waals surface area contributed by atoms with Crippen molar-refractivity contribution in [1.29, 1.82) is 0 Å². The molecule has 7 heteroatoms. The van der Waals surface area contributed by atoms with Gasteiger partial charge in [0.15, 0.2) is 0 Å². The fourth-order valence-corrected chi connectivity index (χ4v) is 2.17. The largest absolute Gasteiger partial charge is 0.375 e. The van der Waals surface area contributed by atoms with Crippen LogP contribution in [-0.4, -0.2) is 25.5 Å². The van der Waals surface area contributed by atoms with E-state index in [-0.39, 0.29) is 18.9 Å². The molecule has 0 aliphatic heterocycles. The molecule has 1 atom stereocenters. The molecule has 0 spiro atoms. The van der Waals surface area contributed by atoms with Gasteiger partial charge in [-0.05, 0) is 35.4 Å². The summed E-state index contributed by atoms with van der Waals surface area (Å²) in [4.78, 5) is 23.6. The molecule has 0 aliphatic rings. The van der Waals surface area contributed by atoms with E-state index in [0.717, 1.165) is 0 Å². The van der Waals surface area contributed by atoms with Crippen molar-refractivity contribution in [3.8, 4) is 0 Å². The van der Waals surface area contributed by atoms with Gasteiger partial charge in [0.1, 0.15) is 11.6 Å². The van der Waals surface area contributed by atoms with Gasteiger partial charge in [-0.25, -0.2) is 8.78 Å². The van der Waals surface area contributed by atoms with Crippen molar-refractivity contribution in [1.82, 2.24) is 10.6 Å². The lowest BCUT2D eigenvalue weighted by molar-refractivity contribution is -0.139. The smallest absolute Gasteiger partial charge is 0.309 e. The van der Waals surface area contributed by atoms with E-state index >= 15 is 0 Å². The minimum Gasteiger partial charge on any atom is -0.375 e. The maximum absolute atomic E-state index is 13.2. The summed E-state index contributed by atoms with van der Waals surface area (Å²) < 4.78 is 31.3. The van der Waals surface area contributed by atoms with E-state index in [1.165, 1.54) is 49.6 Å². The lowest BCUT2D eigenvalue weighted by Crippen LogP contribution is -2.41. The highest BCUT2D eigenvalue weighted by atomic mass is 19.1. The molecule has 25 heavy (non-hydrogen) atoms. The number of hydrogen-bond acceptors (Lipinski definition) is 3. The molecule has 0 saturated heterocycles. The lowest BCUT2D eigenvalue weighted by atomic mass is 10.1. The number of carbonyl (C=O) groups is 2. The predicted molar refractivity (Wildman–Crippen MR) is 87.4 cm³/mol. The van der Waals surface area contributed by atoms with Crippen LogP contribution >= 0.6 is 0 Å². The van der Waals surface area contributed by atoms with Crippen molar-refractivity contribution >= 4 is 11.8 Å². The van der Waals surface area contributed by atoms with E-state index in [4.69, 9.17) is 4.74 Å². The van der Waals surface area contributed by atoms with Gasteiger partial charge in [0.25, 0.3) is 0 Å². The molecule has 1 unspecified atom stereocenters. The van der Waals surface area contributed by atoms with E-state index in [2.05, 4.69) is 10.6 Å². The Balaban J connectivity index is 1.83. The highest BCUT2D eigenvalue weighted by Gasteiger charge is 2.17. The summed E-state index contributed by atoms with van der Waals surface area (Å²) in [6, 6.07) is 11.4. The number of rotatable bonds is 6. The highest BCUT2D eigenvalue weighted by Crippen LogP contribution is 2.16. The maximum Gasteiger partial charge on any atom is 0.309 e. The van der Waals surface area contributed by atoms with Gasteiger partial charge >= 0.3 is 11.8 Å². The van der Waals surface area contributed by atoms with Crippen molar-refractivity contribution in [3.63, 3.8) is 0 Å². The first-order valence-electron chi connectivity index (χ1n) is 7.58. The van der Waals surface area contributed by atoms with Gasteiger partial charge in [0, 0.05) is 20.2 Å². The first-order chi connectivity index (χ1) is 12.0. The Bertz CT molecular complexity index is 735. The quantitative estimate of drug-likeness (QED) is 0.786. The van der Waals surface area contributed by atoms with Crippen molar-refractivity contribution in [3.05, 3.63) is 71.3 Å². The fraction of sp³-hybridized carbons (Fsp3) is 0.222. The second-order valence-electron chi connectivity index (χ2n) is 5.30. The van der Waals surface area contributed by atoms with Crippen molar-refractivity contribution in [2.45, 2.75) is 12.6 Å². The average Bonchev–Trinajstić information content (AvgIpc) is 2.61. The highest BCUT2D eigenvalue weighted by molar-refractivity contribution is 6.35. The topological polar surface area (TPSA) is 67.4 Å². The summed E-state index contributed by atoms with van der Waals surface area (Å²) in [5.41, 5.74) is 1.21. The molecule has 2 amide bonds. The molecule has 0 radical (unpaired) electrons. The SMILES string of the molecule is COC(CNC(=O)C(=O)NCc1ccc(F)cc1)c1cccc(F)c1. The van der Waals surface area contributed by atoms with Gasteiger partial charge in [0.05, 0.1) is 6.10 Å². The van der Waals surface area contributed by atoms with Gasteiger partial charge < -0.3 is 15.4 Å². The van der Waals surface area contributed by atoms with Gasteiger partial charge in [-0.2, -0.15) is 0 Å². The van der Waals surface area contributed by atoms with Crippen LogP contribution in [0.5, 0.6) is 0 Å². The van der Waals surface area contributed by atoms with Crippen molar-refractivity contribution in [2.75, 3.05) is 13.7 Å². The summed E-state index contributed by atoms with van der Waals surface area (Å²) >= 11 is 0. The van der Waals surface area contributed by atoms with E-state index in [1.54, 1.807) is 6.07 Å². The number of benzene rings is 2. The number of methoxy groups -OCH3 is 1. The second kappa shape index (κ2) is 8.89. The summed E-state index contributed by atoms with van der Waals surface area (Å²) in [5.74, 6) is -2.45. The standard InChI is InChI=1S/C18H18F2N2O3/c1-25-16(13-3-2-4-15(20)9-13)11-22-18(24)17(23)21-10-12-5-7-14(19)8-6-12/h2-9,16H,10-11H2,1H3,(H,21,23)(H,22,24).